The van der Waals surface area contributed by atoms with Gasteiger partial charge in [-0.2, -0.15) is 4.98 Å². The molecule has 0 unspecified atom stereocenters. The third-order valence-electron chi connectivity index (χ3n) is 4.00. The smallest absolute Gasteiger partial charge is 0.234 e. The second-order valence-electron chi connectivity index (χ2n) is 5.91. The zero-order valence-electron chi connectivity index (χ0n) is 14.5. The summed E-state index contributed by atoms with van der Waals surface area (Å²) < 4.78 is 50.3. The molecule has 0 saturated carbocycles. The second-order valence-corrected chi connectivity index (χ2v) is 7.77. The summed E-state index contributed by atoms with van der Waals surface area (Å²) >= 11 is 0. The van der Waals surface area contributed by atoms with Gasteiger partial charge in [-0.3, -0.25) is 0 Å². The molecule has 4 rings (SSSR count). The van der Waals surface area contributed by atoms with Gasteiger partial charge in [-0.1, -0.05) is 18.2 Å². The van der Waals surface area contributed by atoms with Crippen LogP contribution in [0.25, 0.3) is 11.5 Å². The number of nitrogens with zero attached hydrogens (tertiary/aromatic N) is 1. The van der Waals surface area contributed by atoms with Crippen LogP contribution in [0.3, 0.4) is 0 Å². The number of hydrogen-bond donors (Lipinski definition) is 1. The van der Waals surface area contributed by atoms with Crippen molar-refractivity contribution < 1.29 is 21.6 Å². The van der Waals surface area contributed by atoms with E-state index in [-0.39, 0.29) is 28.2 Å². The van der Waals surface area contributed by atoms with Crippen LogP contribution in [0, 0.1) is 5.82 Å². The van der Waals surface area contributed by atoms with Gasteiger partial charge in [0.25, 0.3) is 0 Å². The fourth-order valence-corrected chi connectivity index (χ4v) is 3.89. The molecule has 0 bridgehead atoms. The lowest BCUT2D eigenvalue weighted by molar-refractivity contribution is 0.511. The third kappa shape index (κ3) is 3.54. The second kappa shape index (κ2) is 7.32. The summed E-state index contributed by atoms with van der Waals surface area (Å²) in [4.78, 5) is 4.13. The predicted molar refractivity (Wildman–Crippen MR) is 99.8 cm³/mol. The predicted octanol–water partition coefficient (Wildman–Crippen LogP) is 4.52. The normalized spacial score (nSPS) is 11.5. The molecule has 0 aliphatic rings. The van der Waals surface area contributed by atoms with Crippen LogP contribution in [0.4, 0.5) is 10.3 Å². The Hall–Kier alpha value is -3.39. The van der Waals surface area contributed by atoms with E-state index in [2.05, 4.69) is 10.3 Å². The first-order valence-corrected chi connectivity index (χ1v) is 9.85. The minimum absolute atomic E-state index is 0.0143. The van der Waals surface area contributed by atoms with Crippen molar-refractivity contribution in [2.75, 3.05) is 5.32 Å². The van der Waals surface area contributed by atoms with Gasteiger partial charge < -0.3 is 14.2 Å². The Labute approximate surface area is 160 Å². The molecular weight excluding hydrogens is 383 g/mol. The number of rotatable bonds is 6. The van der Waals surface area contributed by atoms with Crippen molar-refractivity contribution in [2.24, 2.45) is 0 Å². The van der Waals surface area contributed by atoms with E-state index < -0.39 is 15.7 Å². The fourth-order valence-electron chi connectivity index (χ4n) is 2.61. The molecule has 0 aliphatic heterocycles. The number of halogens is 1. The first kappa shape index (κ1) is 18.0. The quantitative estimate of drug-likeness (QED) is 0.481. The number of nitrogens with one attached hydrogen (secondary N) is 1. The van der Waals surface area contributed by atoms with Crippen LogP contribution in [0.15, 0.2) is 91.7 Å². The van der Waals surface area contributed by atoms with E-state index in [1.54, 1.807) is 36.4 Å². The Morgan fingerprint density at radius 2 is 1.71 bits per heavy atom. The van der Waals surface area contributed by atoms with E-state index in [9.17, 15) is 12.8 Å². The van der Waals surface area contributed by atoms with E-state index >= 15 is 0 Å². The standard InChI is InChI=1S/C20H15FN2O4S/c21-15-8-10-17(11-9-15)28(24,25)20-19(22-13-16-7-4-12-26-16)27-18(23-20)14-5-2-1-3-6-14/h1-12,22H,13H2. The Balaban J connectivity index is 1.77. The van der Waals surface area contributed by atoms with Crippen molar-refractivity contribution in [2.45, 2.75) is 16.5 Å². The van der Waals surface area contributed by atoms with E-state index in [4.69, 9.17) is 8.83 Å². The molecule has 0 aliphatic carbocycles. The third-order valence-corrected chi connectivity index (χ3v) is 5.68. The summed E-state index contributed by atoms with van der Waals surface area (Å²) in [7, 11) is -4.03. The van der Waals surface area contributed by atoms with E-state index in [0.717, 1.165) is 12.1 Å². The van der Waals surface area contributed by atoms with E-state index in [1.165, 1.54) is 18.4 Å². The van der Waals surface area contributed by atoms with Crippen LogP contribution < -0.4 is 5.32 Å². The summed E-state index contributed by atoms with van der Waals surface area (Å²) in [6.07, 6.45) is 1.52. The highest BCUT2D eigenvalue weighted by Crippen LogP contribution is 2.32. The van der Waals surface area contributed by atoms with Crippen molar-refractivity contribution in [1.82, 2.24) is 4.98 Å². The first-order chi connectivity index (χ1) is 13.5. The molecule has 0 radical (unpaired) electrons. The maximum absolute atomic E-state index is 13.2. The average molecular weight is 398 g/mol. The van der Waals surface area contributed by atoms with Gasteiger partial charge in [0.2, 0.25) is 26.6 Å². The fraction of sp³-hybridized carbons (Fsp3) is 0.0500. The van der Waals surface area contributed by atoms with Crippen LogP contribution in [-0.4, -0.2) is 13.4 Å². The molecule has 0 fully saturated rings. The first-order valence-electron chi connectivity index (χ1n) is 8.37. The number of hydrogen-bond acceptors (Lipinski definition) is 6. The zero-order chi connectivity index (χ0) is 19.6. The molecule has 6 nitrogen and oxygen atoms in total. The van der Waals surface area contributed by atoms with Crippen molar-refractivity contribution >= 4 is 15.7 Å². The lowest BCUT2D eigenvalue weighted by atomic mass is 10.2. The van der Waals surface area contributed by atoms with E-state index in [0.29, 0.717) is 11.3 Å². The molecule has 142 valence electrons. The van der Waals surface area contributed by atoms with Crippen molar-refractivity contribution in [3.05, 3.63) is 84.6 Å². The molecule has 4 aromatic rings. The Morgan fingerprint density at radius 1 is 0.964 bits per heavy atom. The molecule has 2 aromatic heterocycles. The number of benzene rings is 2. The summed E-state index contributed by atoms with van der Waals surface area (Å²) in [6, 6.07) is 17.0. The highest BCUT2D eigenvalue weighted by molar-refractivity contribution is 7.91. The lowest BCUT2D eigenvalue weighted by Gasteiger charge is -2.05. The van der Waals surface area contributed by atoms with Crippen molar-refractivity contribution in [3.8, 4) is 11.5 Å². The molecule has 28 heavy (non-hydrogen) atoms. The zero-order valence-corrected chi connectivity index (χ0v) is 15.3. The van der Waals surface area contributed by atoms with Crippen molar-refractivity contribution in [1.29, 1.82) is 0 Å². The van der Waals surface area contributed by atoms with Gasteiger partial charge in [0.1, 0.15) is 11.6 Å². The Morgan fingerprint density at radius 3 is 2.39 bits per heavy atom. The number of oxazole rings is 1. The van der Waals surface area contributed by atoms with Gasteiger partial charge in [-0.05, 0) is 48.5 Å². The molecule has 0 spiro atoms. The minimum Gasteiger partial charge on any atom is -0.467 e. The summed E-state index contributed by atoms with van der Waals surface area (Å²) in [6.45, 7) is 0.211. The molecule has 1 N–H and O–H groups in total. The van der Waals surface area contributed by atoms with Gasteiger partial charge >= 0.3 is 0 Å². The maximum Gasteiger partial charge on any atom is 0.234 e. The molecular formula is C20H15FN2O4S. The summed E-state index contributed by atoms with van der Waals surface area (Å²) in [5.41, 5.74) is 0.629. The highest BCUT2D eigenvalue weighted by atomic mass is 32.2. The average Bonchev–Trinajstić information content (AvgIpc) is 3.37. The number of furan rings is 1. The minimum atomic E-state index is -4.03. The van der Waals surface area contributed by atoms with Gasteiger partial charge in [0.15, 0.2) is 0 Å². The number of sulfone groups is 1. The van der Waals surface area contributed by atoms with Gasteiger partial charge in [0.05, 0.1) is 17.7 Å². The molecule has 2 aromatic carbocycles. The molecule has 8 heteroatoms. The Kier molecular flexibility index (Phi) is 4.70. The molecule has 0 saturated heterocycles. The molecule has 0 amide bonds. The largest absolute Gasteiger partial charge is 0.467 e. The topological polar surface area (TPSA) is 85.3 Å². The van der Waals surface area contributed by atoms with Crippen LogP contribution in [0.1, 0.15) is 5.76 Å². The summed E-state index contributed by atoms with van der Waals surface area (Å²) in [5, 5.41) is 2.64. The van der Waals surface area contributed by atoms with Crippen LogP contribution in [0.5, 0.6) is 0 Å². The number of aromatic nitrogens is 1. The van der Waals surface area contributed by atoms with Crippen LogP contribution in [-0.2, 0) is 16.4 Å². The van der Waals surface area contributed by atoms with Gasteiger partial charge in [-0.15, -0.1) is 0 Å². The van der Waals surface area contributed by atoms with E-state index in [1.807, 2.05) is 6.07 Å². The Bertz CT molecular complexity index is 1170. The highest BCUT2D eigenvalue weighted by Gasteiger charge is 2.28. The summed E-state index contributed by atoms with van der Waals surface area (Å²) in [5.74, 6) is 0.214. The molecule has 2 heterocycles. The lowest BCUT2D eigenvalue weighted by Crippen LogP contribution is -2.07. The maximum atomic E-state index is 13.2. The van der Waals surface area contributed by atoms with Gasteiger partial charge in [-0.25, -0.2) is 12.8 Å². The number of anilines is 1. The SMILES string of the molecule is O=S(=O)(c1ccc(F)cc1)c1nc(-c2ccccc2)oc1NCc1ccco1. The van der Waals surface area contributed by atoms with Gasteiger partial charge in [0, 0.05) is 5.56 Å². The van der Waals surface area contributed by atoms with Crippen LogP contribution >= 0.6 is 0 Å². The molecule has 0 atom stereocenters. The van der Waals surface area contributed by atoms with Crippen LogP contribution in [0.2, 0.25) is 0 Å². The van der Waals surface area contributed by atoms with Crippen molar-refractivity contribution in [3.63, 3.8) is 0 Å². The monoisotopic (exact) mass is 398 g/mol.